The number of ketones is 1. The summed E-state index contributed by atoms with van der Waals surface area (Å²) in [6.07, 6.45) is 16.4. The highest BCUT2D eigenvalue weighted by atomic mass is 31.2. The molecule has 16 heteroatoms. The van der Waals surface area contributed by atoms with Crippen LogP contribution in [0.1, 0.15) is 155 Å². The van der Waals surface area contributed by atoms with Crippen molar-refractivity contribution in [2.24, 2.45) is 17.6 Å². The van der Waals surface area contributed by atoms with Crippen molar-refractivity contribution < 1.29 is 67.6 Å². The average Bonchev–Trinajstić information content (AvgIpc) is 3.41. The van der Waals surface area contributed by atoms with Gasteiger partial charge in [0, 0.05) is 43.9 Å². The Bertz CT molecular complexity index is 1190. The lowest BCUT2D eigenvalue weighted by atomic mass is 9.87. The van der Waals surface area contributed by atoms with Crippen LogP contribution in [0.25, 0.3) is 0 Å². The van der Waals surface area contributed by atoms with E-state index in [0.717, 1.165) is 38.5 Å². The van der Waals surface area contributed by atoms with Crippen molar-refractivity contribution in [2.75, 3.05) is 19.8 Å². The molecule has 0 amide bonds. The van der Waals surface area contributed by atoms with Crippen LogP contribution in [0, 0.1) is 11.8 Å². The maximum Gasteiger partial charge on any atom is 0.472 e. The smallest absolute Gasteiger partial charge is 0.472 e. The maximum absolute atomic E-state index is 12.8. The molecule has 1 saturated carbocycles. The molecule has 0 aromatic rings. The Balaban J connectivity index is 2.57. The summed E-state index contributed by atoms with van der Waals surface area (Å²) in [6, 6.07) is -1.58. The van der Waals surface area contributed by atoms with Crippen molar-refractivity contribution >= 4 is 31.5 Å². The molecule has 1 rings (SSSR count). The topological polar surface area (TPSA) is 249 Å². The number of esters is 2. The van der Waals surface area contributed by atoms with E-state index < -0.39 is 87.8 Å². The zero-order chi connectivity index (χ0) is 41.8. The molecule has 7 N–H and O–H groups in total. The Morgan fingerprint density at radius 3 is 1.91 bits per heavy atom. The van der Waals surface area contributed by atoms with Crippen LogP contribution in [0.2, 0.25) is 0 Å². The Morgan fingerprint density at radius 2 is 1.29 bits per heavy atom. The summed E-state index contributed by atoms with van der Waals surface area (Å²) in [5.41, 5.74) is 5.31. The number of carboxylic acids is 1. The molecule has 56 heavy (non-hydrogen) atoms. The highest BCUT2D eigenvalue weighted by Crippen LogP contribution is 2.43. The van der Waals surface area contributed by atoms with Gasteiger partial charge in [0.15, 0.2) is 6.10 Å². The third kappa shape index (κ3) is 25.2. The molecule has 0 aromatic heterocycles. The summed E-state index contributed by atoms with van der Waals surface area (Å²) in [5, 5.41) is 40.1. The maximum atomic E-state index is 12.8. The predicted molar refractivity (Wildman–Crippen MR) is 210 cm³/mol. The predicted octanol–water partition coefficient (Wildman–Crippen LogP) is 6.06. The molecule has 1 aliphatic rings. The number of aliphatic hydroxyl groups is 3. The summed E-state index contributed by atoms with van der Waals surface area (Å²) in [5.74, 6) is -3.82. The van der Waals surface area contributed by atoms with Crippen LogP contribution in [-0.2, 0) is 42.3 Å². The summed E-state index contributed by atoms with van der Waals surface area (Å²) in [4.78, 5) is 58.9. The zero-order valence-electron chi connectivity index (χ0n) is 33.8. The van der Waals surface area contributed by atoms with Crippen molar-refractivity contribution in [2.45, 2.75) is 186 Å². The third-order valence-corrected chi connectivity index (χ3v) is 10.9. The van der Waals surface area contributed by atoms with E-state index in [1.807, 2.05) is 0 Å². The van der Waals surface area contributed by atoms with Gasteiger partial charge in [-0.05, 0) is 25.7 Å². The standard InChI is InChI=1S/C40H72NO14P/c1-3-5-7-8-9-10-11-12-13-14-16-21-38(46)52-27-32(28-53-56(50,51)54-29-35(41)40(48)49)55-39(47)22-18-17-20-31(43)25-34-33(36(44)26-37(34)45)24-23-30(42)19-15-6-4-2/h23-24,30,32-37,42,44-45H,3-22,25-29,41H2,1-2H3,(H,48,49)(H,50,51)/b24-23+/t30-,32+,33+,34+,35-,36+,37-/m0/s1. The molecule has 0 radical (unpaired) electrons. The molecule has 0 aromatic carbocycles. The van der Waals surface area contributed by atoms with E-state index in [2.05, 4.69) is 18.4 Å². The van der Waals surface area contributed by atoms with Crippen LogP contribution in [0.5, 0.6) is 0 Å². The number of nitrogens with two attached hydrogens (primary N) is 1. The number of phosphoric ester groups is 1. The Hall–Kier alpha value is -2.23. The Labute approximate surface area is 333 Å². The van der Waals surface area contributed by atoms with E-state index in [1.54, 1.807) is 12.2 Å². The molecule has 1 unspecified atom stereocenters. The van der Waals surface area contributed by atoms with Gasteiger partial charge in [0.25, 0.3) is 0 Å². The number of hydrogen-bond donors (Lipinski definition) is 6. The summed E-state index contributed by atoms with van der Waals surface area (Å²) < 4.78 is 32.5. The van der Waals surface area contributed by atoms with Gasteiger partial charge < -0.3 is 40.5 Å². The average molecular weight is 822 g/mol. The summed E-state index contributed by atoms with van der Waals surface area (Å²) >= 11 is 0. The summed E-state index contributed by atoms with van der Waals surface area (Å²) in [6.45, 7) is 2.29. The summed E-state index contributed by atoms with van der Waals surface area (Å²) in [7, 11) is -4.81. The largest absolute Gasteiger partial charge is 0.480 e. The number of aliphatic carboxylic acids is 1. The molecule has 1 fully saturated rings. The first-order chi connectivity index (χ1) is 26.7. The highest BCUT2D eigenvalue weighted by molar-refractivity contribution is 7.47. The van der Waals surface area contributed by atoms with E-state index in [4.69, 9.17) is 24.8 Å². The van der Waals surface area contributed by atoms with Gasteiger partial charge in [-0.1, -0.05) is 109 Å². The molecule has 0 saturated heterocycles. The lowest BCUT2D eigenvalue weighted by molar-refractivity contribution is -0.161. The number of Topliss-reactive ketones (excluding diaryl/α,β-unsaturated/α-hetero) is 1. The minimum Gasteiger partial charge on any atom is -0.480 e. The van der Waals surface area contributed by atoms with Gasteiger partial charge in [-0.2, -0.15) is 0 Å². The minimum absolute atomic E-state index is 0.0360. The molecule has 0 bridgehead atoms. The van der Waals surface area contributed by atoms with Crippen LogP contribution in [-0.4, -0.2) is 99.3 Å². The number of carbonyl (C=O) groups excluding carboxylic acids is 3. The number of ether oxygens (including phenoxy) is 2. The quantitative estimate of drug-likeness (QED) is 0.0184. The van der Waals surface area contributed by atoms with Gasteiger partial charge in [0.05, 0.1) is 31.5 Å². The minimum atomic E-state index is -4.81. The molecule has 0 aliphatic heterocycles. The van der Waals surface area contributed by atoms with E-state index in [-0.39, 0.29) is 44.3 Å². The second-order valence-corrected chi connectivity index (χ2v) is 16.5. The molecule has 8 atom stereocenters. The van der Waals surface area contributed by atoms with E-state index >= 15 is 0 Å². The van der Waals surface area contributed by atoms with Crippen LogP contribution in [0.15, 0.2) is 12.2 Å². The van der Waals surface area contributed by atoms with Crippen molar-refractivity contribution in [1.82, 2.24) is 0 Å². The van der Waals surface area contributed by atoms with Crippen LogP contribution < -0.4 is 5.73 Å². The third-order valence-electron chi connectivity index (χ3n) is 10.00. The van der Waals surface area contributed by atoms with Crippen LogP contribution >= 0.6 is 7.82 Å². The van der Waals surface area contributed by atoms with Gasteiger partial charge in [0.1, 0.15) is 18.4 Å². The first-order valence-corrected chi connectivity index (χ1v) is 22.4. The van der Waals surface area contributed by atoms with Crippen molar-refractivity contribution in [1.29, 1.82) is 0 Å². The molecule has 0 heterocycles. The van der Waals surface area contributed by atoms with Crippen LogP contribution in [0.4, 0.5) is 0 Å². The Kier molecular flexibility index (Phi) is 28.5. The number of unbranched alkanes of at least 4 members (excludes halogenated alkanes) is 13. The van der Waals surface area contributed by atoms with Gasteiger partial charge in [0.2, 0.25) is 0 Å². The number of carboxylic acid groups (broad SMARTS) is 1. The number of carbonyl (C=O) groups is 4. The number of rotatable bonds is 35. The SMILES string of the molecule is CCCCCCCCCCCCCC(=O)OC[C@H](COP(=O)(O)OC[C@H](N)C(=O)O)OC(=O)CCCCC(=O)C[C@@H]1[C@@H](/C=C/[C@@H](O)CCCCC)[C@H](O)C[C@@H]1O. The van der Waals surface area contributed by atoms with E-state index in [9.17, 15) is 44.0 Å². The first-order valence-electron chi connectivity index (χ1n) is 20.9. The van der Waals surface area contributed by atoms with Gasteiger partial charge in [-0.15, -0.1) is 0 Å². The fourth-order valence-corrected chi connectivity index (χ4v) is 7.37. The zero-order valence-corrected chi connectivity index (χ0v) is 34.7. The molecule has 326 valence electrons. The van der Waals surface area contributed by atoms with Crippen molar-refractivity contribution in [3.8, 4) is 0 Å². The molecule has 0 spiro atoms. The lowest BCUT2D eigenvalue weighted by Crippen LogP contribution is -2.34. The van der Waals surface area contributed by atoms with Crippen molar-refractivity contribution in [3.63, 3.8) is 0 Å². The Morgan fingerprint density at radius 1 is 0.750 bits per heavy atom. The molecule has 15 nitrogen and oxygen atoms in total. The van der Waals surface area contributed by atoms with Crippen LogP contribution in [0.3, 0.4) is 0 Å². The van der Waals surface area contributed by atoms with Gasteiger partial charge >= 0.3 is 25.7 Å². The second kappa shape index (κ2) is 30.8. The molecule has 1 aliphatic carbocycles. The fourth-order valence-electron chi connectivity index (χ4n) is 6.59. The monoisotopic (exact) mass is 821 g/mol. The number of phosphoric acid groups is 1. The van der Waals surface area contributed by atoms with E-state index in [0.29, 0.717) is 19.3 Å². The van der Waals surface area contributed by atoms with Gasteiger partial charge in [-0.25, -0.2) is 4.57 Å². The van der Waals surface area contributed by atoms with E-state index in [1.165, 1.54) is 44.9 Å². The van der Waals surface area contributed by atoms with Gasteiger partial charge in [-0.3, -0.25) is 28.2 Å². The molecular weight excluding hydrogens is 749 g/mol. The molecular formula is C40H72NO14P. The lowest BCUT2D eigenvalue weighted by Gasteiger charge is -2.21. The second-order valence-electron chi connectivity index (χ2n) is 15.1. The fraction of sp³-hybridized carbons (Fsp3) is 0.850. The highest BCUT2D eigenvalue weighted by Gasteiger charge is 2.41. The number of hydrogen-bond acceptors (Lipinski definition) is 13. The first kappa shape index (κ1) is 51.8. The normalized spacial score (nSPS) is 21.1. The van der Waals surface area contributed by atoms with Crippen molar-refractivity contribution in [3.05, 3.63) is 12.2 Å². The number of aliphatic hydroxyl groups excluding tert-OH is 3.